The largest absolute Gasteiger partial charge is 0.315 e. The van der Waals surface area contributed by atoms with Crippen molar-refractivity contribution >= 4 is 0 Å². The van der Waals surface area contributed by atoms with E-state index in [0.29, 0.717) is 5.92 Å². The minimum atomic E-state index is 0.622. The second-order valence-corrected chi connectivity index (χ2v) is 6.95. The predicted molar refractivity (Wildman–Crippen MR) is 97.0 cm³/mol. The second-order valence-electron chi connectivity index (χ2n) is 6.95. The van der Waals surface area contributed by atoms with Crippen LogP contribution in [0.15, 0.2) is 30.5 Å². The Morgan fingerprint density at radius 3 is 3.08 bits per heavy atom. The first kappa shape index (κ1) is 16.0. The molecule has 6 nitrogen and oxygen atoms in total. The maximum atomic E-state index is 4.24. The third kappa shape index (κ3) is 3.35. The van der Waals surface area contributed by atoms with Crippen LogP contribution in [0.2, 0.25) is 0 Å². The number of rotatable bonds is 5. The number of aromatic amines is 1. The zero-order chi connectivity index (χ0) is 17.2. The fourth-order valence-corrected chi connectivity index (χ4v) is 3.60. The van der Waals surface area contributed by atoms with Crippen molar-refractivity contribution in [2.75, 3.05) is 6.54 Å². The van der Waals surface area contributed by atoms with Crippen LogP contribution in [0, 0.1) is 19.8 Å². The van der Waals surface area contributed by atoms with E-state index in [1.807, 2.05) is 13.1 Å². The van der Waals surface area contributed by atoms with Crippen LogP contribution in [0.3, 0.4) is 0 Å². The molecule has 0 aliphatic carbocycles. The number of fused-ring (bicyclic) bond motifs is 1. The summed E-state index contributed by atoms with van der Waals surface area (Å²) in [6.45, 7) is 6.98. The first-order valence-electron chi connectivity index (χ1n) is 8.89. The quantitative estimate of drug-likeness (QED) is 0.751. The minimum absolute atomic E-state index is 0.622. The molecule has 1 aliphatic rings. The zero-order valence-electron chi connectivity index (χ0n) is 14.8. The summed E-state index contributed by atoms with van der Waals surface area (Å²) < 4.78 is 2.26. The van der Waals surface area contributed by atoms with Gasteiger partial charge in [0.15, 0.2) is 0 Å². The van der Waals surface area contributed by atoms with Crippen molar-refractivity contribution in [3.63, 3.8) is 0 Å². The van der Waals surface area contributed by atoms with Crippen LogP contribution in [-0.4, -0.2) is 31.5 Å². The number of benzene rings is 1. The lowest BCUT2D eigenvalue weighted by Crippen LogP contribution is -2.30. The molecule has 1 atom stereocenters. The van der Waals surface area contributed by atoms with Crippen LogP contribution >= 0.6 is 0 Å². The molecule has 0 saturated heterocycles. The Morgan fingerprint density at radius 2 is 2.20 bits per heavy atom. The maximum absolute atomic E-state index is 4.24. The van der Waals surface area contributed by atoms with Gasteiger partial charge in [0.2, 0.25) is 0 Å². The maximum Gasteiger partial charge on any atom is 0.133 e. The molecule has 0 saturated carbocycles. The van der Waals surface area contributed by atoms with Gasteiger partial charge in [0.1, 0.15) is 11.6 Å². The molecule has 1 aliphatic heterocycles. The molecule has 0 bridgehead atoms. The lowest BCUT2D eigenvalue weighted by atomic mass is 9.99. The van der Waals surface area contributed by atoms with Crippen molar-refractivity contribution in [1.82, 2.24) is 30.3 Å². The summed E-state index contributed by atoms with van der Waals surface area (Å²) in [5.41, 5.74) is 4.77. The number of nitrogens with zero attached hydrogens (tertiary/aromatic N) is 4. The van der Waals surface area contributed by atoms with E-state index >= 15 is 0 Å². The highest BCUT2D eigenvalue weighted by Crippen LogP contribution is 2.23. The topological polar surface area (TPSA) is 71.4 Å². The molecule has 6 heteroatoms. The molecule has 3 aromatic rings. The van der Waals surface area contributed by atoms with Crippen molar-refractivity contribution in [3.8, 4) is 11.3 Å². The summed E-state index contributed by atoms with van der Waals surface area (Å²) in [4.78, 5) is 0. The lowest BCUT2D eigenvalue weighted by Gasteiger charge is -2.24. The highest BCUT2D eigenvalue weighted by molar-refractivity contribution is 5.63. The van der Waals surface area contributed by atoms with Crippen LogP contribution in [0.5, 0.6) is 0 Å². The molecule has 1 unspecified atom stereocenters. The van der Waals surface area contributed by atoms with Crippen LogP contribution in [-0.2, 0) is 19.5 Å². The molecule has 0 amide bonds. The van der Waals surface area contributed by atoms with Crippen LogP contribution in [0.4, 0.5) is 0 Å². The van der Waals surface area contributed by atoms with Gasteiger partial charge in [-0.1, -0.05) is 23.8 Å². The molecule has 2 aromatic heterocycles. The van der Waals surface area contributed by atoms with Gasteiger partial charge in [-0.25, -0.2) is 0 Å². The van der Waals surface area contributed by atoms with E-state index < -0.39 is 0 Å². The van der Waals surface area contributed by atoms with Gasteiger partial charge in [-0.2, -0.15) is 5.10 Å². The molecule has 4 rings (SSSR count). The van der Waals surface area contributed by atoms with Crippen molar-refractivity contribution in [2.45, 2.75) is 39.8 Å². The first-order chi connectivity index (χ1) is 12.2. The van der Waals surface area contributed by atoms with Crippen LogP contribution in [0.1, 0.15) is 29.2 Å². The zero-order valence-corrected chi connectivity index (χ0v) is 14.8. The Kier molecular flexibility index (Phi) is 4.36. The van der Waals surface area contributed by atoms with Gasteiger partial charge < -0.3 is 9.88 Å². The highest BCUT2D eigenvalue weighted by Gasteiger charge is 2.21. The van der Waals surface area contributed by atoms with E-state index in [0.717, 1.165) is 43.4 Å². The van der Waals surface area contributed by atoms with Crippen molar-refractivity contribution in [2.24, 2.45) is 5.92 Å². The van der Waals surface area contributed by atoms with E-state index in [9.17, 15) is 0 Å². The molecule has 3 heterocycles. The molecule has 1 aromatic carbocycles. The summed E-state index contributed by atoms with van der Waals surface area (Å²) in [6.07, 6.45) is 4.11. The molecule has 2 N–H and O–H groups in total. The van der Waals surface area contributed by atoms with Crippen molar-refractivity contribution in [1.29, 1.82) is 0 Å². The molecule has 0 fully saturated rings. The van der Waals surface area contributed by atoms with Gasteiger partial charge in [0.25, 0.3) is 0 Å². The Labute approximate surface area is 147 Å². The monoisotopic (exact) mass is 336 g/mol. The van der Waals surface area contributed by atoms with E-state index in [1.165, 1.54) is 23.1 Å². The number of H-pyrrole nitrogens is 1. The summed E-state index contributed by atoms with van der Waals surface area (Å²) >= 11 is 0. The van der Waals surface area contributed by atoms with Gasteiger partial charge in [-0.3, -0.25) is 5.10 Å². The Bertz CT molecular complexity index is 862. The number of hydrogen-bond acceptors (Lipinski definition) is 4. The smallest absolute Gasteiger partial charge is 0.133 e. The first-order valence-corrected chi connectivity index (χ1v) is 8.89. The summed E-state index contributed by atoms with van der Waals surface area (Å²) in [7, 11) is 0. The standard InChI is InChI=1S/C19H24N6/c1-13-4-3-5-16(8-13)19-17(11-21-24-19)10-20-9-15-6-7-18-23-22-14(2)25(18)12-15/h3-5,8,11,15,20H,6-7,9-10,12H2,1-2H3,(H,21,24). The fraction of sp³-hybridized carbons (Fsp3) is 0.421. The number of aryl methyl sites for hydroxylation is 3. The van der Waals surface area contributed by atoms with E-state index in [2.05, 4.69) is 61.5 Å². The Morgan fingerprint density at radius 1 is 1.28 bits per heavy atom. The predicted octanol–water partition coefficient (Wildman–Crippen LogP) is 2.64. The fourth-order valence-electron chi connectivity index (χ4n) is 3.60. The van der Waals surface area contributed by atoms with Gasteiger partial charge >= 0.3 is 0 Å². The number of nitrogens with one attached hydrogen (secondary N) is 2. The van der Waals surface area contributed by atoms with Crippen LogP contribution < -0.4 is 5.32 Å². The average Bonchev–Trinajstić information content (AvgIpc) is 3.22. The summed E-state index contributed by atoms with van der Waals surface area (Å²) in [5, 5.41) is 19.4. The van der Waals surface area contributed by atoms with Crippen molar-refractivity contribution < 1.29 is 0 Å². The van der Waals surface area contributed by atoms with Crippen LogP contribution in [0.25, 0.3) is 11.3 Å². The van der Waals surface area contributed by atoms with E-state index in [-0.39, 0.29) is 0 Å². The normalized spacial score (nSPS) is 16.8. The average molecular weight is 336 g/mol. The molecule has 0 radical (unpaired) electrons. The van der Waals surface area contributed by atoms with Gasteiger partial charge in [0, 0.05) is 30.6 Å². The molecule has 130 valence electrons. The molecular weight excluding hydrogens is 312 g/mol. The number of aromatic nitrogens is 5. The van der Waals surface area contributed by atoms with Gasteiger partial charge in [-0.05, 0) is 38.8 Å². The third-order valence-electron chi connectivity index (χ3n) is 5.00. The van der Waals surface area contributed by atoms with E-state index in [4.69, 9.17) is 0 Å². The Balaban J connectivity index is 1.37. The van der Waals surface area contributed by atoms with Gasteiger partial charge in [0.05, 0.1) is 11.9 Å². The number of hydrogen-bond donors (Lipinski definition) is 2. The third-order valence-corrected chi connectivity index (χ3v) is 5.00. The SMILES string of the molecule is Cc1cccc(-c2[nH]ncc2CNCC2CCc3nnc(C)n3C2)c1. The lowest BCUT2D eigenvalue weighted by molar-refractivity contribution is 0.344. The van der Waals surface area contributed by atoms with E-state index in [1.54, 1.807) is 0 Å². The minimum Gasteiger partial charge on any atom is -0.315 e. The highest BCUT2D eigenvalue weighted by atomic mass is 15.3. The van der Waals surface area contributed by atoms with Gasteiger partial charge in [-0.15, -0.1) is 10.2 Å². The molecular formula is C19H24N6. The molecule has 0 spiro atoms. The van der Waals surface area contributed by atoms with Crippen molar-refractivity contribution in [3.05, 3.63) is 53.2 Å². The summed E-state index contributed by atoms with van der Waals surface area (Å²) in [6, 6.07) is 8.52. The summed E-state index contributed by atoms with van der Waals surface area (Å²) in [5.74, 6) is 2.78. The molecule has 25 heavy (non-hydrogen) atoms. The second kappa shape index (κ2) is 6.80. The Hall–Kier alpha value is -2.47.